The van der Waals surface area contributed by atoms with Crippen molar-refractivity contribution in [1.29, 1.82) is 0 Å². The van der Waals surface area contributed by atoms with Gasteiger partial charge in [0.15, 0.2) is 0 Å². The molecule has 1 unspecified atom stereocenters. The molecule has 3 nitrogen and oxygen atoms in total. The van der Waals surface area contributed by atoms with Crippen molar-refractivity contribution in [1.82, 2.24) is 0 Å². The number of rotatable bonds is 1. The molecule has 1 fully saturated rings. The van der Waals surface area contributed by atoms with Crippen LogP contribution in [-0.2, 0) is 4.79 Å². The van der Waals surface area contributed by atoms with Gasteiger partial charge in [-0.15, -0.1) is 0 Å². The van der Waals surface area contributed by atoms with Gasteiger partial charge in [0, 0.05) is 9.50 Å². The summed E-state index contributed by atoms with van der Waals surface area (Å²) in [6, 6.07) is 5.24. The van der Waals surface area contributed by atoms with E-state index in [2.05, 4.69) is 15.9 Å². The SMILES string of the molecule is O=C1CC(O)CN1c1cc(Cl)ccc1Br. The number of amides is 1. The minimum Gasteiger partial charge on any atom is -0.391 e. The lowest BCUT2D eigenvalue weighted by atomic mass is 10.3. The Kier molecular flexibility index (Phi) is 3.00. The van der Waals surface area contributed by atoms with Crippen LogP contribution in [0.4, 0.5) is 5.69 Å². The highest BCUT2D eigenvalue weighted by atomic mass is 79.9. The van der Waals surface area contributed by atoms with Crippen LogP contribution in [0.15, 0.2) is 22.7 Å². The molecule has 0 spiro atoms. The summed E-state index contributed by atoms with van der Waals surface area (Å²) >= 11 is 9.21. The van der Waals surface area contributed by atoms with Gasteiger partial charge in [0.1, 0.15) is 0 Å². The zero-order chi connectivity index (χ0) is 11.0. The first-order valence-corrected chi connectivity index (χ1v) is 5.68. The molecular weight excluding hydrogens is 281 g/mol. The van der Waals surface area contributed by atoms with Crippen molar-refractivity contribution in [2.24, 2.45) is 0 Å². The summed E-state index contributed by atoms with van der Waals surface area (Å²) in [6.45, 7) is 0.331. The van der Waals surface area contributed by atoms with Crippen LogP contribution in [-0.4, -0.2) is 23.7 Å². The maximum absolute atomic E-state index is 11.6. The number of anilines is 1. The van der Waals surface area contributed by atoms with Crippen molar-refractivity contribution in [3.63, 3.8) is 0 Å². The molecule has 1 amide bonds. The predicted octanol–water partition coefficient (Wildman–Crippen LogP) is 2.20. The summed E-state index contributed by atoms with van der Waals surface area (Å²) in [5.74, 6) is -0.0783. The first-order valence-electron chi connectivity index (χ1n) is 4.51. The minimum absolute atomic E-state index is 0.0783. The van der Waals surface area contributed by atoms with Gasteiger partial charge in [-0.1, -0.05) is 11.6 Å². The number of aliphatic hydroxyl groups excluding tert-OH is 1. The third-order valence-electron chi connectivity index (χ3n) is 2.30. The molecule has 1 heterocycles. The largest absolute Gasteiger partial charge is 0.391 e. The maximum atomic E-state index is 11.6. The lowest BCUT2D eigenvalue weighted by molar-refractivity contribution is -0.117. The van der Waals surface area contributed by atoms with Crippen molar-refractivity contribution in [2.45, 2.75) is 12.5 Å². The van der Waals surface area contributed by atoms with E-state index in [0.29, 0.717) is 17.3 Å². The number of aliphatic hydroxyl groups is 1. The van der Waals surface area contributed by atoms with Crippen LogP contribution in [0.5, 0.6) is 0 Å². The fourth-order valence-corrected chi connectivity index (χ4v) is 2.24. The van der Waals surface area contributed by atoms with Gasteiger partial charge < -0.3 is 10.0 Å². The Balaban J connectivity index is 2.37. The summed E-state index contributed by atoms with van der Waals surface area (Å²) in [6.07, 6.45) is -0.401. The van der Waals surface area contributed by atoms with E-state index in [9.17, 15) is 9.90 Å². The summed E-state index contributed by atoms with van der Waals surface area (Å²) in [4.78, 5) is 13.1. The molecule has 0 bridgehead atoms. The van der Waals surface area contributed by atoms with E-state index in [-0.39, 0.29) is 12.3 Å². The van der Waals surface area contributed by atoms with Gasteiger partial charge in [0.05, 0.1) is 24.8 Å². The van der Waals surface area contributed by atoms with E-state index >= 15 is 0 Å². The Bertz CT molecular complexity index is 410. The van der Waals surface area contributed by atoms with Gasteiger partial charge in [0.25, 0.3) is 0 Å². The predicted molar refractivity (Wildman–Crippen MR) is 62.1 cm³/mol. The van der Waals surface area contributed by atoms with E-state index < -0.39 is 6.10 Å². The molecular formula is C10H9BrClNO2. The lowest BCUT2D eigenvalue weighted by Gasteiger charge is -2.17. The molecule has 1 aliphatic rings. The highest BCUT2D eigenvalue weighted by Crippen LogP contribution is 2.32. The Labute approximate surface area is 101 Å². The molecule has 0 aliphatic carbocycles. The number of nitrogens with zero attached hydrogens (tertiary/aromatic N) is 1. The first-order chi connectivity index (χ1) is 7.08. The normalized spacial score (nSPS) is 21.1. The smallest absolute Gasteiger partial charge is 0.229 e. The molecule has 1 aliphatic heterocycles. The van der Waals surface area contributed by atoms with E-state index in [1.54, 1.807) is 23.1 Å². The second-order valence-electron chi connectivity index (χ2n) is 3.46. The molecule has 1 aromatic rings. The standard InChI is InChI=1S/C10H9BrClNO2/c11-8-2-1-6(12)3-9(8)13-5-7(14)4-10(13)15/h1-3,7,14H,4-5H2. The molecule has 2 rings (SSSR count). The second-order valence-corrected chi connectivity index (χ2v) is 4.75. The number of β-amino-alcohol motifs (C(OH)–C–C–N with tert-alkyl or cyclic N) is 1. The summed E-state index contributed by atoms with van der Waals surface area (Å²) < 4.78 is 0.800. The van der Waals surface area contributed by atoms with Crippen molar-refractivity contribution in [2.75, 3.05) is 11.4 Å². The number of carbonyl (C=O) groups is 1. The number of hydrogen-bond donors (Lipinski definition) is 1. The maximum Gasteiger partial charge on any atom is 0.229 e. The fraction of sp³-hybridized carbons (Fsp3) is 0.300. The summed E-state index contributed by atoms with van der Waals surface area (Å²) in [7, 11) is 0. The third kappa shape index (κ3) is 2.17. The van der Waals surface area contributed by atoms with Gasteiger partial charge in [-0.2, -0.15) is 0 Å². The highest BCUT2D eigenvalue weighted by Gasteiger charge is 2.30. The molecule has 1 N–H and O–H groups in total. The lowest BCUT2D eigenvalue weighted by Crippen LogP contribution is -2.25. The average molecular weight is 291 g/mol. The molecule has 80 valence electrons. The molecule has 1 saturated heterocycles. The summed E-state index contributed by atoms with van der Waals surface area (Å²) in [5.41, 5.74) is 0.712. The molecule has 1 atom stereocenters. The molecule has 0 saturated carbocycles. The van der Waals surface area contributed by atoms with Crippen molar-refractivity contribution < 1.29 is 9.90 Å². The van der Waals surface area contributed by atoms with Crippen LogP contribution < -0.4 is 4.90 Å². The van der Waals surface area contributed by atoms with Gasteiger partial charge in [-0.25, -0.2) is 0 Å². The van der Waals surface area contributed by atoms with Crippen LogP contribution in [0.1, 0.15) is 6.42 Å². The van der Waals surface area contributed by atoms with E-state index in [1.165, 1.54) is 0 Å². The Morgan fingerprint density at radius 3 is 2.87 bits per heavy atom. The molecule has 0 aromatic heterocycles. The minimum atomic E-state index is -0.580. The number of benzene rings is 1. The number of hydrogen-bond acceptors (Lipinski definition) is 2. The molecule has 1 aromatic carbocycles. The Morgan fingerprint density at radius 1 is 1.53 bits per heavy atom. The van der Waals surface area contributed by atoms with Crippen LogP contribution >= 0.6 is 27.5 Å². The third-order valence-corrected chi connectivity index (χ3v) is 3.21. The van der Waals surface area contributed by atoms with Crippen molar-refractivity contribution >= 4 is 39.1 Å². The highest BCUT2D eigenvalue weighted by molar-refractivity contribution is 9.10. The molecule has 15 heavy (non-hydrogen) atoms. The first kappa shape index (κ1) is 10.9. The Hall–Kier alpha value is -0.580. The van der Waals surface area contributed by atoms with Gasteiger partial charge in [-0.3, -0.25) is 4.79 Å². The number of halogens is 2. The van der Waals surface area contributed by atoms with Gasteiger partial charge in [-0.05, 0) is 34.1 Å². The van der Waals surface area contributed by atoms with E-state index in [0.717, 1.165) is 4.47 Å². The van der Waals surface area contributed by atoms with Crippen LogP contribution in [0.3, 0.4) is 0 Å². The zero-order valence-corrected chi connectivity index (χ0v) is 10.1. The fourth-order valence-electron chi connectivity index (χ4n) is 1.61. The Morgan fingerprint density at radius 2 is 2.27 bits per heavy atom. The second kappa shape index (κ2) is 4.12. The number of carbonyl (C=O) groups excluding carboxylic acids is 1. The van der Waals surface area contributed by atoms with Crippen LogP contribution in [0, 0.1) is 0 Å². The molecule has 0 radical (unpaired) electrons. The van der Waals surface area contributed by atoms with E-state index in [1.807, 2.05) is 0 Å². The van der Waals surface area contributed by atoms with E-state index in [4.69, 9.17) is 11.6 Å². The quantitative estimate of drug-likeness (QED) is 0.861. The molecule has 5 heteroatoms. The van der Waals surface area contributed by atoms with Gasteiger partial charge in [0.2, 0.25) is 5.91 Å². The summed E-state index contributed by atoms with van der Waals surface area (Å²) in [5, 5.41) is 9.95. The van der Waals surface area contributed by atoms with Gasteiger partial charge >= 0.3 is 0 Å². The van der Waals surface area contributed by atoms with Crippen LogP contribution in [0.25, 0.3) is 0 Å². The van der Waals surface area contributed by atoms with Crippen molar-refractivity contribution in [3.8, 4) is 0 Å². The average Bonchev–Trinajstić information content (AvgIpc) is 2.50. The van der Waals surface area contributed by atoms with Crippen LogP contribution in [0.2, 0.25) is 5.02 Å². The topological polar surface area (TPSA) is 40.5 Å². The zero-order valence-electron chi connectivity index (χ0n) is 7.78. The van der Waals surface area contributed by atoms with Crippen molar-refractivity contribution in [3.05, 3.63) is 27.7 Å². The monoisotopic (exact) mass is 289 g/mol.